The molecule has 0 aliphatic carbocycles. The molecule has 0 aliphatic heterocycles. The van der Waals surface area contributed by atoms with Crippen molar-refractivity contribution >= 4 is 40.2 Å². The minimum absolute atomic E-state index is 0.0716. The van der Waals surface area contributed by atoms with E-state index in [1.165, 1.54) is 6.20 Å². The Bertz CT molecular complexity index is 1080. The van der Waals surface area contributed by atoms with E-state index >= 15 is 0 Å². The SMILES string of the molecule is CC(C)C(Nc1ncc(C(=O)N=O)c(Nc2ccc3ncccc3c2)n1)C(N)=O. The molecule has 0 fully saturated rings. The molecule has 3 rings (SSSR count). The number of rotatable bonds is 7. The lowest BCUT2D eigenvalue weighted by atomic mass is 10.0. The minimum atomic E-state index is -1.02. The fraction of sp³-hybridized carbons (Fsp3) is 0.211. The van der Waals surface area contributed by atoms with Crippen LogP contribution in [0, 0.1) is 10.8 Å². The van der Waals surface area contributed by atoms with Gasteiger partial charge >= 0.3 is 5.91 Å². The minimum Gasteiger partial charge on any atom is -0.368 e. The molecular formula is C19H19N7O3. The van der Waals surface area contributed by atoms with Gasteiger partial charge in [0.05, 0.1) is 5.52 Å². The summed E-state index contributed by atoms with van der Waals surface area (Å²) in [5, 5.41) is 9.17. The highest BCUT2D eigenvalue weighted by molar-refractivity contribution is 6.00. The number of carbonyl (C=O) groups excluding carboxylic acids is 2. The fourth-order valence-corrected chi connectivity index (χ4v) is 2.75. The molecule has 2 aromatic heterocycles. The number of nitroso groups, excluding NO2 is 1. The van der Waals surface area contributed by atoms with Crippen LogP contribution in [0.4, 0.5) is 17.5 Å². The molecule has 2 heterocycles. The van der Waals surface area contributed by atoms with Crippen molar-refractivity contribution in [2.75, 3.05) is 10.6 Å². The molecule has 0 spiro atoms. The van der Waals surface area contributed by atoms with Crippen LogP contribution in [-0.2, 0) is 4.79 Å². The van der Waals surface area contributed by atoms with Crippen LogP contribution in [0.1, 0.15) is 24.2 Å². The summed E-state index contributed by atoms with van der Waals surface area (Å²) in [5.74, 6) is -1.54. The number of anilines is 3. The van der Waals surface area contributed by atoms with E-state index in [4.69, 9.17) is 5.73 Å². The molecule has 3 aromatic rings. The van der Waals surface area contributed by atoms with Crippen molar-refractivity contribution in [3.05, 3.63) is 53.2 Å². The zero-order valence-electron chi connectivity index (χ0n) is 15.8. The first kappa shape index (κ1) is 19.8. The number of primary amides is 1. The van der Waals surface area contributed by atoms with Gasteiger partial charge in [-0.3, -0.25) is 14.6 Å². The summed E-state index contributed by atoms with van der Waals surface area (Å²) in [6.07, 6.45) is 2.86. The van der Waals surface area contributed by atoms with Gasteiger partial charge < -0.3 is 16.4 Å². The number of hydrogen-bond acceptors (Lipinski definition) is 8. The average molecular weight is 393 g/mol. The Morgan fingerprint density at radius 1 is 1.17 bits per heavy atom. The topological polar surface area (TPSA) is 152 Å². The van der Waals surface area contributed by atoms with Crippen molar-refractivity contribution in [1.82, 2.24) is 15.0 Å². The normalized spacial score (nSPS) is 11.8. The van der Waals surface area contributed by atoms with Crippen LogP contribution < -0.4 is 16.4 Å². The first-order valence-electron chi connectivity index (χ1n) is 8.81. The van der Waals surface area contributed by atoms with Gasteiger partial charge in [-0.2, -0.15) is 4.98 Å². The molecular weight excluding hydrogens is 374 g/mol. The van der Waals surface area contributed by atoms with Crippen molar-refractivity contribution in [1.29, 1.82) is 0 Å². The molecule has 1 unspecified atom stereocenters. The van der Waals surface area contributed by atoms with Gasteiger partial charge in [0.15, 0.2) is 0 Å². The Morgan fingerprint density at radius 3 is 2.66 bits per heavy atom. The number of nitrogens with two attached hydrogens (primary N) is 1. The Labute approximate surface area is 165 Å². The number of fused-ring (bicyclic) bond motifs is 1. The van der Waals surface area contributed by atoms with Crippen LogP contribution in [0.25, 0.3) is 10.9 Å². The Hall–Kier alpha value is -3.95. The Kier molecular flexibility index (Phi) is 5.72. The van der Waals surface area contributed by atoms with Gasteiger partial charge in [0, 0.05) is 28.6 Å². The number of carbonyl (C=O) groups is 2. The van der Waals surface area contributed by atoms with Gasteiger partial charge in [-0.25, -0.2) is 4.98 Å². The van der Waals surface area contributed by atoms with Crippen molar-refractivity contribution in [2.45, 2.75) is 19.9 Å². The summed E-state index contributed by atoms with van der Waals surface area (Å²) in [4.78, 5) is 46.8. The van der Waals surface area contributed by atoms with Crippen LogP contribution in [-0.4, -0.2) is 32.8 Å². The van der Waals surface area contributed by atoms with E-state index in [2.05, 4.69) is 30.8 Å². The van der Waals surface area contributed by atoms with Gasteiger partial charge in [0.1, 0.15) is 17.4 Å². The predicted molar refractivity (Wildman–Crippen MR) is 109 cm³/mol. The van der Waals surface area contributed by atoms with Gasteiger partial charge in [-0.05, 0) is 30.2 Å². The van der Waals surface area contributed by atoms with Crippen LogP contribution in [0.15, 0.2) is 47.9 Å². The quantitative estimate of drug-likeness (QED) is 0.518. The summed E-state index contributed by atoms with van der Waals surface area (Å²) >= 11 is 0. The van der Waals surface area contributed by atoms with E-state index in [0.29, 0.717) is 5.69 Å². The van der Waals surface area contributed by atoms with Crippen LogP contribution in [0.2, 0.25) is 0 Å². The van der Waals surface area contributed by atoms with E-state index in [-0.39, 0.29) is 23.2 Å². The standard InChI is InChI=1S/C19H19N7O3/c1-10(2)15(16(20)27)24-19-22-9-13(18(28)26-29)17(25-19)23-12-5-6-14-11(8-12)4-3-7-21-14/h3-10,15H,1-2H3,(H2,20,27)(H2,22,23,24,25). The number of aromatic nitrogens is 3. The lowest BCUT2D eigenvalue weighted by molar-refractivity contribution is -0.119. The molecule has 2 amide bonds. The number of nitrogens with zero attached hydrogens (tertiary/aromatic N) is 4. The molecule has 0 saturated heterocycles. The molecule has 0 bridgehead atoms. The Morgan fingerprint density at radius 2 is 1.97 bits per heavy atom. The van der Waals surface area contributed by atoms with Crippen molar-refractivity contribution in [3.63, 3.8) is 0 Å². The highest BCUT2D eigenvalue weighted by Gasteiger charge is 2.22. The molecule has 1 aromatic carbocycles. The maximum Gasteiger partial charge on any atom is 0.322 e. The van der Waals surface area contributed by atoms with Gasteiger partial charge in [0.25, 0.3) is 0 Å². The zero-order chi connectivity index (χ0) is 21.0. The molecule has 4 N–H and O–H groups in total. The van der Waals surface area contributed by atoms with E-state index in [1.54, 1.807) is 24.4 Å². The van der Waals surface area contributed by atoms with Gasteiger partial charge in [-0.15, -0.1) is 4.91 Å². The number of nitrogens with one attached hydrogen (secondary N) is 2. The summed E-state index contributed by atoms with van der Waals surface area (Å²) in [6.45, 7) is 3.64. The van der Waals surface area contributed by atoms with Crippen LogP contribution in [0.5, 0.6) is 0 Å². The van der Waals surface area contributed by atoms with Crippen molar-refractivity contribution in [2.24, 2.45) is 16.8 Å². The summed E-state index contributed by atoms with van der Waals surface area (Å²) in [7, 11) is 0. The first-order valence-corrected chi connectivity index (χ1v) is 8.81. The van der Waals surface area contributed by atoms with Crippen molar-refractivity contribution < 1.29 is 9.59 Å². The molecule has 1 atom stereocenters. The molecule has 10 nitrogen and oxygen atoms in total. The number of benzene rings is 1. The van der Waals surface area contributed by atoms with E-state index in [9.17, 15) is 14.5 Å². The average Bonchev–Trinajstić information content (AvgIpc) is 2.71. The van der Waals surface area contributed by atoms with E-state index in [0.717, 1.165) is 10.9 Å². The predicted octanol–water partition coefficient (Wildman–Crippen LogP) is 2.60. The molecule has 148 valence electrons. The zero-order valence-corrected chi connectivity index (χ0v) is 15.8. The van der Waals surface area contributed by atoms with Crippen LogP contribution in [0.3, 0.4) is 0 Å². The molecule has 0 saturated carbocycles. The van der Waals surface area contributed by atoms with E-state index < -0.39 is 17.9 Å². The van der Waals surface area contributed by atoms with Gasteiger partial charge in [-0.1, -0.05) is 19.9 Å². The number of amides is 2. The van der Waals surface area contributed by atoms with Crippen molar-refractivity contribution in [3.8, 4) is 0 Å². The summed E-state index contributed by atoms with van der Waals surface area (Å²) in [5.41, 5.74) is 6.73. The van der Waals surface area contributed by atoms with E-state index in [1.807, 2.05) is 26.0 Å². The summed E-state index contributed by atoms with van der Waals surface area (Å²) in [6, 6.07) is 8.37. The van der Waals surface area contributed by atoms with Crippen LogP contribution >= 0.6 is 0 Å². The summed E-state index contributed by atoms with van der Waals surface area (Å²) < 4.78 is 0. The lowest BCUT2D eigenvalue weighted by Crippen LogP contribution is -2.40. The number of pyridine rings is 1. The highest BCUT2D eigenvalue weighted by atomic mass is 16.3. The smallest absolute Gasteiger partial charge is 0.322 e. The number of hydrogen-bond donors (Lipinski definition) is 3. The molecule has 0 radical (unpaired) electrons. The second-order valence-electron chi connectivity index (χ2n) is 6.66. The lowest BCUT2D eigenvalue weighted by Gasteiger charge is -2.19. The maximum atomic E-state index is 11.9. The Balaban J connectivity index is 1.98. The third-order valence-electron chi connectivity index (χ3n) is 4.23. The van der Waals surface area contributed by atoms with Gasteiger partial charge in [0.2, 0.25) is 11.9 Å². The highest BCUT2D eigenvalue weighted by Crippen LogP contribution is 2.24. The molecule has 10 heteroatoms. The molecule has 0 aliphatic rings. The monoisotopic (exact) mass is 393 g/mol. The first-order chi connectivity index (χ1) is 13.9. The second kappa shape index (κ2) is 8.38. The second-order valence-corrected chi connectivity index (χ2v) is 6.66. The third kappa shape index (κ3) is 4.49. The third-order valence-corrected chi connectivity index (χ3v) is 4.23. The maximum absolute atomic E-state index is 11.9. The fourth-order valence-electron chi connectivity index (χ4n) is 2.75. The largest absolute Gasteiger partial charge is 0.368 e. The molecule has 29 heavy (non-hydrogen) atoms.